The maximum atomic E-state index is 9.75. The molecule has 25 heavy (non-hydrogen) atoms. The van der Waals surface area contributed by atoms with Crippen LogP contribution in [0.25, 0.3) is 0 Å². The third-order valence-electron chi connectivity index (χ3n) is 3.16. The first-order chi connectivity index (χ1) is 12.2. The summed E-state index contributed by atoms with van der Waals surface area (Å²) in [5.74, 6) is 1.39. The molecule has 0 aliphatic heterocycles. The van der Waals surface area contributed by atoms with Crippen molar-refractivity contribution < 1.29 is 29.2 Å². The van der Waals surface area contributed by atoms with Gasteiger partial charge in [0.1, 0.15) is 43.7 Å². The molecule has 2 aromatic rings. The molecular weight excluding hydrogens is 324 g/mol. The highest BCUT2D eigenvalue weighted by Crippen LogP contribution is 2.09. The van der Waals surface area contributed by atoms with Crippen LogP contribution in [0.2, 0.25) is 0 Å². The summed E-state index contributed by atoms with van der Waals surface area (Å²) in [6.07, 6.45) is -1.51. The molecule has 2 aromatic carbocycles. The summed E-state index contributed by atoms with van der Waals surface area (Å²) in [5, 5.41) is 19.5. The molecule has 0 saturated heterocycles. The third-order valence-corrected chi connectivity index (χ3v) is 3.16. The average Bonchev–Trinajstić information content (AvgIpc) is 2.66. The Morgan fingerprint density at radius 2 is 1.00 bits per heavy atom. The minimum atomic E-state index is -0.754. The van der Waals surface area contributed by atoms with E-state index in [4.69, 9.17) is 18.9 Å². The molecule has 6 nitrogen and oxygen atoms in total. The third kappa shape index (κ3) is 8.51. The van der Waals surface area contributed by atoms with Crippen LogP contribution in [0.3, 0.4) is 0 Å². The fourth-order valence-electron chi connectivity index (χ4n) is 1.94. The van der Waals surface area contributed by atoms with Crippen molar-refractivity contribution in [2.45, 2.75) is 12.2 Å². The van der Waals surface area contributed by atoms with Crippen LogP contribution in [0.5, 0.6) is 11.5 Å². The lowest BCUT2D eigenvalue weighted by molar-refractivity contribution is -0.104. The van der Waals surface area contributed by atoms with Crippen LogP contribution in [-0.2, 0) is 9.47 Å². The van der Waals surface area contributed by atoms with E-state index in [1.807, 2.05) is 60.7 Å². The Hall–Kier alpha value is -2.12. The number of benzene rings is 2. The summed E-state index contributed by atoms with van der Waals surface area (Å²) < 4.78 is 21.2. The van der Waals surface area contributed by atoms with Crippen LogP contribution < -0.4 is 9.47 Å². The lowest BCUT2D eigenvalue weighted by Gasteiger charge is -2.14. The van der Waals surface area contributed by atoms with E-state index in [1.54, 1.807) is 0 Å². The van der Waals surface area contributed by atoms with Gasteiger partial charge in [-0.2, -0.15) is 0 Å². The SMILES string of the molecule is OC(COCOCC(O)COc1ccccc1)COc1ccccc1. The molecule has 2 atom stereocenters. The van der Waals surface area contributed by atoms with Crippen molar-refractivity contribution in [3.63, 3.8) is 0 Å². The summed E-state index contributed by atoms with van der Waals surface area (Å²) in [4.78, 5) is 0. The second kappa shape index (κ2) is 11.4. The van der Waals surface area contributed by atoms with Gasteiger partial charge in [-0.15, -0.1) is 0 Å². The van der Waals surface area contributed by atoms with E-state index in [0.717, 1.165) is 0 Å². The normalized spacial score (nSPS) is 13.2. The van der Waals surface area contributed by atoms with Crippen molar-refractivity contribution >= 4 is 0 Å². The Bertz CT molecular complexity index is 511. The van der Waals surface area contributed by atoms with Crippen molar-refractivity contribution in [2.75, 3.05) is 33.2 Å². The predicted octanol–water partition coefficient (Wildman–Crippen LogP) is 1.86. The van der Waals surface area contributed by atoms with E-state index in [-0.39, 0.29) is 33.2 Å². The lowest BCUT2D eigenvalue weighted by Crippen LogP contribution is -2.26. The summed E-state index contributed by atoms with van der Waals surface area (Å²) in [7, 11) is 0. The number of para-hydroxylation sites is 2. The zero-order valence-electron chi connectivity index (χ0n) is 14.0. The van der Waals surface area contributed by atoms with Crippen LogP contribution in [0, 0.1) is 0 Å². The van der Waals surface area contributed by atoms with E-state index in [1.165, 1.54) is 0 Å². The number of hydrogen-bond acceptors (Lipinski definition) is 6. The average molecular weight is 348 g/mol. The summed E-state index contributed by atoms with van der Waals surface area (Å²) in [6, 6.07) is 18.5. The van der Waals surface area contributed by atoms with E-state index < -0.39 is 12.2 Å². The van der Waals surface area contributed by atoms with E-state index in [2.05, 4.69) is 0 Å². The molecule has 0 heterocycles. The molecule has 0 aromatic heterocycles. The molecule has 0 amide bonds. The van der Waals surface area contributed by atoms with Crippen LogP contribution in [0.15, 0.2) is 60.7 Å². The molecule has 0 radical (unpaired) electrons. The molecule has 0 bridgehead atoms. The van der Waals surface area contributed by atoms with Crippen molar-refractivity contribution in [1.29, 1.82) is 0 Å². The van der Waals surface area contributed by atoms with E-state index in [9.17, 15) is 10.2 Å². The van der Waals surface area contributed by atoms with Crippen molar-refractivity contribution in [2.24, 2.45) is 0 Å². The first kappa shape index (κ1) is 19.2. The highest BCUT2D eigenvalue weighted by Gasteiger charge is 2.08. The van der Waals surface area contributed by atoms with Gasteiger partial charge in [0.15, 0.2) is 0 Å². The molecule has 6 heteroatoms. The number of aliphatic hydroxyl groups is 2. The maximum absolute atomic E-state index is 9.75. The first-order valence-corrected chi connectivity index (χ1v) is 8.11. The van der Waals surface area contributed by atoms with Gasteiger partial charge in [0.2, 0.25) is 0 Å². The van der Waals surface area contributed by atoms with Crippen molar-refractivity contribution in [3.8, 4) is 11.5 Å². The standard InChI is InChI=1S/C19H24O6/c20-16(13-24-18-7-3-1-4-8-18)11-22-15-23-12-17(21)14-25-19-9-5-2-6-10-19/h1-10,16-17,20-21H,11-15H2. The van der Waals surface area contributed by atoms with Gasteiger partial charge in [-0.1, -0.05) is 36.4 Å². The number of hydrogen-bond donors (Lipinski definition) is 2. The van der Waals surface area contributed by atoms with Crippen LogP contribution in [0.4, 0.5) is 0 Å². The van der Waals surface area contributed by atoms with Crippen LogP contribution >= 0.6 is 0 Å². The second-order valence-corrected chi connectivity index (χ2v) is 5.42. The molecule has 136 valence electrons. The Labute approximate surface area is 147 Å². The molecule has 2 N–H and O–H groups in total. The molecule has 0 aliphatic carbocycles. The van der Waals surface area contributed by atoms with E-state index >= 15 is 0 Å². The Balaban J connectivity index is 1.47. The molecule has 2 rings (SSSR count). The van der Waals surface area contributed by atoms with Gasteiger partial charge in [-0.3, -0.25) is 0 Å². The smallest absolute Gasteiger partial charge is 0.146 e. The Morgan fingerprint density at radius 3 is 1.40 bits per heavy atom. The summed E-state index contributed by atoms with van der Waals surface area (Å²) in [5.41, 5.74) is 0. The van der Waals surface area contributed by atoms with Gasteiger partial charge in [0, 0.05) is 0 Å². The summed E-state index contributed by atoms with van der Waals surface area (Å²) in [6.45, 7) is 0.423. The van der Waals surface area contributed by atoms with E-state index in [0.29, 0.717) is 11.5 Å². The maximum Gasteiger partial charge on any atom is 0.146 e. The van der Waals surface area contributed by atoms with Crippen molar-refractivity contribution in [1.82, 2.24) is 0 Å². The Morgan fingerprint density at radius 1 is 0.600 bits per heavy atom. The topological polar surface area (TPSA) is 77.4 Å². The monoisotopic (exact) mass is 348 g/mol. The number of aliphatic hydroxyl groups excluding tert-OH is 2. The predicted molar refractivity (Wildman–Crippen MR) is 92.7 cm³/mol. The fourth-order valence-corrected chi connectivity index (χ4v) is 1.94. The Kier molecular flexibility index (Phi) is 8.79. The highest BCUT2D eigenvalue weighted by molar-refractivity contribution is 5.21. The molecule has 0 saturated carbocycles. The largest absolute Gasteiger partial charge is 0.491 e. The highest BCUT2D eigenvalue weighted by atomic mass is 16.7. The minimum absolute atomic E-state index is 0.0230. The molecular formula is C19H24O6. The first-order valence-electron chi connectivity index (χ1n) is 8.11. The van der Waals surface area contributed by atoms with Gasteiger partial charge < -0.3 is 29.2 Å². The number of ether oxygens (including phenoxy) is 4. The van der Waals surface area contributed by atoms with Crippen molar-refractivity contribution in [3.05, 3.63) is 60.7 Å². The molecule has 0 spiro atoms. The van der Waals surface area contributed by atoms with Crippen LogP contribution in [0.1, 0.15) is 0 Å². The van der Waals surface area contributed by atoms with Gasteiger partial charge in [0.25, 0.3) is 0 Å². The van der Waals surface area contributed by atoms with Gasteiger partial charge in [-0.25, -0.2) is 0 Å². The minimum Gasteiger partial charge on any atom is -0.491 e. The quantitative estimate of drug-likeness (QED) is 0.450. The number of rotatable bonds is 12. The van der Waals surface area contributed by atoms with Gasteiger partial charge in [0.05, 0.1) is 13.2 Å². The van der Waals surface area contributed by atoms with Gasteiger partial charge in [-0.05, 0) is 24.3 Å². The fraction of sp³-hybridized carbons (Fsp3) is 0.368. The molecule has 0 fully saturated rings. The van der Waals surface area contributed by atoms with Crippen LogP contribution in [-0.4, -0.2) is 55.6 Å². The molecule has 0 aliphatic rings. The lowest BCUT2D eigenvalue weighted by atomic mass is 10.3. The zero-order valence-corrected chi connectivity index (χ0v) is 14.0. The second-order valence-electron chi connectivity index (χ2n) is 5.42. The molecule has 2 unspecified atom stereocenters. The van der Waals surface area contributed by atoms with Gasteiger partial charge >= 0.3 is 0 Å². The summed E-state index contributed by atoms with van der Waals surface area (Å²) >= 11 is 0. The zero-order chi connectivity index (χ0) is 17.7.